The van der Waals surface area contributed by atoms with Gasteiger partial charge in [0.25, 0.3) is 0 Å². The summed E-state index contributed by atoms with van der Waals surface area (Å²) >= 11 is 0. The molecule has 0 radical (unpaired) electrons. The normalized spacial score (nSPS) is 41.7. The Balaban J connectivity index is 2.04. The predicted molar refractivity (Wildman–Crippen MR) is 80.4 cm³/mol. The summed E-state index contributed by atoms with van der Waals surface area (Å²) in [5, 5.41) is 3.56. The van der Waals surface area contributed by atoms with Crippen molar-refractivity contribution in [3.05, 3.63) is 0 Å². The van der Waals surface area contributed by atoms with Gasteiger partial charge in [0.05, 0.1) is 12.2 Å². The van der Waals surface area contributed by atoms with Crippen molar-refractivity contribution in [3.8, 4) is 0 Å². The van der Waals surface area contributed by atoms with E-state index >= 15 is 0 Å². The number of hydrogen-bond donors (Lipinski definition) is 1. The molecule has 1 heterocycles. The third-order valence-corrected chi connectivity index (χ3v) is 5.09. The highest BCUT2D eigenvalue weighted by molar-refractivity contribution is 4.93. The zero-order chi connectivity index (χ0) is 14.0. The molecule has 0 bridgehead atoms. The van der Waals surface area contributed by atoms with E-state index in [1.54, 1.807) is 0 Å². The molecule has 1 N–H and O–H groups in total. The quantitative estimate of drug-likeness (QED) is 0.851. The molecule has 2 rings (SSSR count). The summed E-state index contributed by atoms with van der Waals surface area (Å²) < 4.78 is 5.89. The molecule has 3 unspecified atom stereocenters. The fourth-order valence-electron chi connectivity index (χ4n) is 4.01. The maximum absolute atomic E-state index is 5.89. The third-order valence-electron chi connectivity index (χ3n) is 5.09. The van der Waals surface area contributed by atoms with Gasteiger partial charge in [-0.2, -0.15) is 0 Å². The lowest BCUT2D eigenvalue weighted by molar-refractivity contribution is -0.0912. The van der Waals surface area contributed by atoms with Crippen molar-refractivity contribution in [2.45, 2.75) is 71.2 Å². The van der Waals surface area contributed by atoms with Crippen molar-refractivity contribution in [1.82, 2.24) is 10.2 Å². The second kappa shape index (κ2) is 6.55. The molecule has 3 nitrogen and oxygen atoms in total. The van der Waals surface area contributed by atoms with Crippen LogP contribution in [0.2, 0.25) is 0 Å². The molecule has 1 saturated carbocycles. The van der Waals surface area contributed by atoms with E-state index < -0.39 is 0 Å². The Morgan fingerprint density at radius 1 is 1.11 bits per heavy atom. The van der Waals surface area contributed by atoms with Crippen LogP contribution in [0.15, 0.2) is 0 Å². The summed E-state index contributed by atoms with van der Waals surface area (Å²) in [7, 11) is 2.13. The monoisotopic (exact) mass is 268 g/mol. The molecule has 1 aliphatic heterocycles. The van der Waals surface area contributed by atoms with Gasteiger partial charge < -0.3 is 10.1 Å². The van der Waals surface area contributed by atoms with Crippen LogP contribution in [0.5, 0.6) is 0 Å². The zero-order valence-corrected chi connectivity index (χ0v) is 13.4. The number of likely N-dealkylation sites (N-methyl/N-ethyl adjacent to an activating group) is 1. The van der Waals surface area contributed by atoms with E-state index in [-0.39, 0.29) is 0 Å². The number of morpholine rings is 1. The van der Waals surface area contributed by atoms with E-state index in [0.29, 0.717) is 24.3 Å². The van der Waals surface area contributed by atoms with Crippen LogP contribution in [-0.2, 0) is 4.74 Å². The molecule has 0 spiro atoms. The van der Waals surface area contributed by atoms with Gasteiger partial charge in [0, 0.05) is 25.2 Å². The van der Waals surface area contributed by atoms with Crippen LogP contribution >= 0.6 is 0 Å². The molecule has 1 saturated heterocycles. The van der Waals surface area contributed by atoms with Gasteiger partial charge in [-0.15, -0.1) is 0 Å². The number of ether oxygens (including phenoxy) is 1. The lowest BCUT2D eigenvalue weighted by Gasteiger charge is -2.47. The van der Waals surface area contributed by atoms with Gasteiger partial charge >= 0.3 is 0 Å². The second-order valence-corrected chi connectivity index (χ2v) is 6.99. The van der Waals surface area contributed by atoms with Gasteiger partial charge in [-0.1, -0.05) is 13.8 Å². The molecule has 112 valence electrons. The van der Waals surface area contributed by atoms with E-state index in [0.717, 1.165) is 24.9 Å². The average molecular weight is 268 g/mol. The largest absolute Gasteiger partial charge is 0.373 e. The Kier molecular flexibility index (Phi) is 5.27. The fraction of sp³-hybridized carbons (Fsp3) is 1.00. The fourth-order valence-corrected chi connectivity index (χ4v) is 4.01. The van der Waals surface area contributed by atoms with Crippen molar-refractivity contribution >= 4 is 0 Å². The standard InChI is InChI=1S/C16H32N2O/c1-11(2)14-6-7-15(17-5)16(8-14)18-9-12(3)19-13(4)10-18/h11-17H,6-10H2,1-5H3/t12-,13+,14?,15?,16?. The van der Waals surface area contributed by atoms with E-state index in [2.05, 4.69) is 45.0 Å². The van der Waals surface area contributed by atoms with Crippen molar-refractivity contribution in [1.29, 1.82) is 0 Å². The summed E-state index contributed by atoms with van der Waals surface area (Å²) in [6.07, 6.45) is 4.81. The first-order valence-electron chi connectivity index (χ1n) is 8.08. The lowest BCUT2D eigenvalue weighted by atomic mass is 9.76. The first-order valence-corrected chi connectivity index (χ1v) is 8.08. The minimum Gasteiger partial charge on any atom is -0.373 e. The Morgan fingerprint density at radius 3 is 2.26 bits per heavy atom. The van der Waals surface area contributed by atoms with E-state index in [1.807, 2.05) is 0 Å². The van der Waals surface area contributed by atoms with Gasteiger partial charge in [0.2, 0.25) is 0 Å². The molecule has 0 aromatic heterocycles. The molecule has 19 heavy (non-hydrogen) atoms. The number of nitrogens with one attached hydrogen (secondary N) is 1. The summed E-state index contributed by atoms with van der Waals surface area (Å²) in [4.78, 5) is 2.69. The van der Waals surface area contributed by atoms with Gasteiger partial charge in [0.15, 0.2) is 0 Å². The van der Waals surface area contributed by atoms with Crippen LogP contribution in [0.25, 0.3) is 0 Å². The van der Waals surface area contributed by atoms with E-state index in [4.69, 9.17) is 4.74 Å². The van der Waals surface area contributed by atoms with Gasteiger partial charge in [-0.05, 0) is 52.0 Å². The summed E-state index contributed by atoms with van der Waals surface area (Å²) in [6, 6.07) is 1.35. The van der Waals surface area contributed by atoms with Crippen molar-refractivity contribution in [3.63, 3.8) is 0 Å². The lowest BCUT2D eigenvalue weighted by Crippen LogP contribution is -2.58. The summed E-state index contributed by atoms with van der Waals surface area (Å²) in [6.45, 7) is 11.4. The Bertz CT molecular complexity index is 272. The Labute approximate surface area is 119 Å². The second-order valence-electron chi connectivity index (χ2n) is 6.99. The molecule has 5 atom stereocenters. The highest BCUT2D eigenvalue weighted by Gasteiger charge is 2.37. The molecular weight excluding hydrogens is 236 g/mol. The molecule has 1 aliphatic carbocycles. The predicted octanol–water partition coefficient (Wildman–Crippen LogP) is 2.51. The van der Waals surface area contributed by atoms with Crippen LogP contribution in [0.4, 0.5) is 0 Å². The number of rotatable bonds is 3. The topological polar surface area (TPSA) is 24.5 Å². The molecule has 2 fully saturated rings. The summed E-state index contributed by atoms with van der Waals surface area (Å²) in [5.41, 5.74) is 0. The first-order chi connectivity index (χ1) is 9.01. The molecular formula is C16H32N2O. The van der Waals surface area contributed by atoms with Crippen LogP contribution < -0.4 is 5.32 Å². The smallest absolute Gasteiger partial charge is 0.0678 e. The minimum atomic E-state index is 0.376. The van der Waals surface area contributed by atoms with Crippen LogP contribution in [0, 0.1) is 11.8 Å². The van der Waals surface area contributed by atoms with Crippen LogP contribution in [0.3, 0.4) is 0 Å². The van der Waals surface area contributed by atoms with E-state index in [9.17, 15) is 0 Å². The molecule has 3 heteroatoms. The van der Waals surface area contributed by atoms with Crippen LogP contribution in [-0.4, -0.2) is 49.3 Å². The Hall–Kier alpha value is -0.120. The number of nitrogens with zero attached hydrogens (tertiary/aromatic N) is 1. The van der Waals surface area contributed by atoms with Gasteiger partial charge in [-0.3, -0.25) is 4.90 Å². The minimum absolute atomic E-state index is 0.376. The zero-order valence-electron chi connectivity index (χ0n) is 13.4. The van der Waals surface area contributed by atoms with Gasteiger partial charge in [-0.25, -0.2) is 0 Å². The molecule has 0 aromatic rings. The highest BCUT2D eigenvalue weighted by atomic mass is 16.5. The van der Waals surface area contributed by atoms with Crippen molar-refractivity contribution < 1.29 is 4.74 Å². The molecule has 0 amide bonds. The van der Waals surface area contributed by atoms with E-state index in [1.165, 1.54) is 19.3 Å². The highest BCUT2D eigenvalue weighted by Crippen LogP contribution is 2.33. The Morgan fingerprint density at radius 2 is 1.74 bits per heavy atom. The summed E-state index contributed by atoms with van der Waals surface area (Å²) in [5.74, 6) is 1.71. The molecule has 0 aromatic carbocycles. The van der Waals surface area contributed by atoms with Gasteiger partial charge in [0.1, 0.15) is 0 Å². The maximum Gasteiger partial charge on any atom is 0.0678 e. The first kappa shape index (κ1) is 15.3. The SMILES string of the molecule is CNC1CCC(C(C)C)CC1N1C[C@@H](C)O[C@@H](C)C1. The number of hydrogen-bond acceptors (Lipinski definition) is 3. The third kappa shape index (κ3) is 3.71. The van der Waals surface area contributed by atoms with Crippen molar-refractivity contribution in [2.24, 2.45) is 11.8 Å². The average Bonchev–Trinajstić information content (AvgIpc) is 2.36. The van der Waals surface area contributed by atoms with Crippen molar-refractivity contribution in [2.75, 3.05) is 20.1 Å². The van der Waals surface area contributed by atoms with Crippen LogP contribution in [0.1, 0.15) is 47.0 Å². The molecule has 2 aliphatic rings. The maximum atomic E-state index is 5.89.